The second-order valence-electron chi connectivity index (χ2n) is 4.95. The molecule has 1 aliphatic rings. The first-order valence-corrected chi connectivity index (χ1v) is 8.36. The van der Waals surface area contributed by atoms with Gasteiger partial charge in [0.1, 0.15) is 4.88 Å². The highest BCUT2D eigenvalue weighted by Gasteiger charge is 2.19. The van der Waals surface area contributed by atoms with Crippen molar-refractivity contribution in [3.05, 3.63) is 39.7 Å². The van der Waals surface area contributed by atoms with E-state index in [1.54, 1.807) is 18.2 Å². The number of benzene rings is 1. The molecule has 0 atom stereocenters. The predicted octanol–water partition coefficient (Wildman–Crippen LogP) is 3.60. The van der Waals surface area contributed by atoms with Crippen LogP contribution in [0.3, 0.4) is 0 Å². The van der Waals surface area contributed by atoms with Gasteiger partial charge in [0.2, 0.25) is 0 Å². The van der Waals surface area contributed by atoms with Crippen molar-refractivity contribution in [2.24, 2.45) is 0 Å². The van der Waals surface area contributed by atoms with Gasteiger partial charge >= 0.3 is 5.97 Å². The second kappa shape index (κ2) is 7.11. The molecule has 1 aliphatic heterocycles. The molecule has 0 radical (unpaired) electrons. The molecular weight excluding hydrogens is 354 g/mol. The van der Waals surface area contributed by atoms with Crippen LogP contribution in [-0.2, 0) is 4.74 Å². The third-order valence-corrected chi connectivity index (χ3v) is 4.56. The van der Waals surface area contributed by atoms with Crippen LogP contribution in [0.25, 0.3) is 0 Å². The lowest BCUT2D eigenvalue weighted by Gasteiger charge is -2.11. The van der Waals surface area contributed by atoms with Gasteiger partial charge in [0.05, 0.1) is 30.3 Å². The van der Waals surface area contributed by atoms with E-state index in [9.17, 15) is 9.59 Å². The standard InChI is InChI=1S/C16H14ClNO5S/c1-21-16(20)12-3-4-13(24-12)18-15(19)9-7-10(17)14-11(8-9)22-5-2-6-23-14/h3-4,7-8H,2,5-6H2,1H3,(H,18,19). The largest absolute Gasteiger partial charge is 0.489 e. The Bertz CT molecular complexity index is 789. The number of rotatable bonds is 3. The first-order valence-electron chi connectivity index (χ1n) is 7.17. The highest BCUT2D eigenvalue weighted by Crippen LogP contribution is 2.38. The summed E-state index contributed by atoms with van der Waals surface area (Å²) in [6.45, 7) is 1.02. The number of carbonyl (C=O) groups is 2. The van der Waals surface area contributed by atoms with Crippen LogP contribution < -0.4 is 14.8 Å². The van der Waals surface area contributed by atoms with Gasteiger partial charge in [-0.2, -0.15) is 0 Å². The number of methoxy groups -OCH3 is 1. The molecule has 2 heterocycles. The Hall–Kier alpha value is -2.25. The van der Waals surface area contributed by atoms with Crippen LogP contribution in [-0.4, -0.2) is 32.2 Å². The van der Waals surface area contributed by atoms with Crippen LogP contribution >= 0.6 is 22.9 Å². The predicted molar refractivity (Wildman–Crippen MR) is 90.7 cm³/mol. The third-order valence-electron chi connectivity index (χ3n) is 3.29. The number of ether oxygens (including phenoxy) is 3. The Morgan fingerprint density at radius 1 is 1.25 bits per heavy atom. The summed E-state index contributed by atoms with van der Waals surface area (Å²) in [4.78, 5) is 24.3. The van der Waals surface area contributed by atoms with E-state index in [4.69, 9.17) is 21.1 Å². The van der Waals surface area contributed by atoms with Crippen molar-refractivity contribution >= 4 is 39.8 Å². The van der Waals surface area contributed by atoms with E-state index in [1.165, 1.54) is 13.2 Å². The Labute approximate surface area is 147 Å². The average molecular weight is 368 g/mol. The second-order valence-corrected chi connectivity index (χ2v) is 6.44. The summed E-state index contributed by atoms with van der Waals surface area (Å²) in [5, 5.41) is 3.58. The number of halogens is 1. The van der Waals surface area contributed by atoms with E-state index in [0.29, 0.717) is 45.2 Å². The molecule has 126 valence electrons. The smallest absolute Gasteiger partial charge is 0.348 e. The molecule has 0 spiro atoms. The van der Waals surface area contributed by atoms with Crippen molar-refractivity contribution in [1.82, 2.24) is 0 Å². The lowest BCUT2D eigenvalue weighted by atomic mass is 10.2. The summed E-state index contributed by atoms with van der Waals surface area (Å²) < 4.78 is 15.7. The van der Waals surface area contributed by atoms with Gasteiger partial charge in [-0.05, 0) is 24.3 Å². The van der Waals surface area contributed by atoms with Crippen LogP contribution in [0.1, 0.15) is 26.5 Å². The van der Waals surface area contributed by atoms with Crippen molar-refractivity contribution in [1.29, 1.82) is 0 Å². The van der Waals surface area contributed by atoms with E-state index in [2.05, 4.69) is 10.1 Å². The molecule has 1 N–H and O–H groups in total. The SMILES string of the molecule is COC(=O)c1ccc(NC(=O)c2cc(Cl)c3c(c2)OCCCO3)s1. The van der Waals surface area contributed by atoms with Gasteiger partial charge in [-0.25, -0.2) is 4.79 Å². The fourth-order valence-corrected chi connectivity index (χ4v) is 3.25. The molecule has 0 saturated heterocycles. The van der Waals surface area contributed by atoms with Crippen molar-refractivity contribution in [3.63, 3.8) is 0 Å². The number of esters is 1. The molecule has 0 fully saturated rings. The molecule has 3 rings (SSSR count). The van der Waals surface area contributed by atoms with Gasteiger partial charge in [0, 0.05) is 12.0 Å². The third kappa shape index (κ3) is 3.47. The van der Waals surface area contributed by atoms with Gasteiger partial charge in [-0.3, -0.25) is 4.79 Å². The van der Waals surface area contributed by atoms with Gasteiger partial charge in [-0.15, -0.1) is 11.3 Å². The zero-order chi connectivity index (χ0) is 17.1. The molecule has 24 heavy (non-hydrogen) atoms. The lowest BCUT2D eigenvalue weighted by Crippen LogP contribution is -2.11. The lowest BCUT2D eigenvalue weighted by molar-refractivity contribution is 0.0606. The Morgan fingerprint density at radius 3 is 2.83 bits per heavy atom. The summed E-state index contributed by atoms with van der Waals surface area (Å²) >= 11 is 7.32. The number of nitrogens with one attached hydrogen (secondary N) is 1. The van der Waals surface area contributed by atoms with Crippen LogP contribution in [0.2, 0.25) is 5.02 Å². The first-order chi connectivity index (χ1) is 11.6. The maximum Gasteiger partial charge on any atom is 0.348 e. The first kappa shape index (κ1) is 16.6. The van der Waals surface area contributed by atoms with Crippen LogP contribution in [0.4, 0.5) is 5.00 Å². The molecular formula is C16H14ClNO5S. The number of fused-ring (bicyclic) bond motifs is 1. The Morgan fingerprint density at radius 2 is 2.04 bits per heavy atom. The maximum atomic E-state index is 12.4. The monoisotopic (exact) mass is 367 g/mol. The molecule has 0 bridgehead atoms. The Kier molecular flexibility index (Phi) is 4.92. The molecule has 1 aromatic heterocycles. The minimum Gasteiger partial charge on any atom is -0.489 e. The topological polar surface area (TPSA) is 73.9 Å². The average Bonchev–Trinajstić information content (AvgIpc) is 2.90. The van der Waals surface area contributed by atoms with Crippen LogP contribution in [0, 0.1) is 0 Å². The molecule has 0 unspecified atom stereocenters. The minimum atomic E-state index is -0.445. The molecule has 0 aliphatic carbocycles. The van der Waals surface area contributed by atoms with Gasteiger partial charge in [-0.1, -0.05) is 11.6 Å². The zero-order valence-electron chi connectivity index (χ0n) is 12.8. The molecule has 6 nitrogen and oxygen atoms in total. The fraction of sp³-hybridized carbons (Fsp3) is 0.250. The van der Waals surface area contributed by atoms with Crippen LogP contribution in [0.15, 0.2) is 24.3 Å². The number of thiophene rings is 1. The minimum absolute atomic E-state index is 0.320. The maximum absolute atomic E-state index is 12.4. The highest BCUT2D eigenvalue weighted by atomic mass is 35.5. The summed E-state index contributed by atoms with van der Waals surface area (Å²) in [6.07, 6.45) is 0.748. The summed E-state index contributed by atoms with van der Waals surface area (Å²) in [6, 6.07) is 6.35. The zero-order valence-corrected chi connectivity index (χ0v) is 14.3. The van der Waals surface area contributed by atoms with Gasteiger partial charge in [0.25, 0.3) is 5.91 Å². The van der Waals surface area contributed by atoms with Crippen molar-refractivity contribution in [3.8, 4) is 11.5 Å². The summed E-state index contributed by atoms with van der Waals surface area (Å²) in [7, 11) is 1.31. The molecule has 1 aromatic carbocycles. The number of hydrogen-bond donors (Lipinski definition) is 1. The van der Waals surface area contributed by atoms with Crippen molar-refractivity contribution in [2.75, 3.05) is 25.6 Å². The molecule has 2 aromatic rings. The number of hydrogen-bond acceptors (Lipinski definition) is 6. The van der Waals surface area contributed by atoms with E-state index < -0.39 is 5.97 Å². The number of carbonyl (C=O) groups excluding carboxylic acids is 2. The van der Waals surface area contributed by atoms with Crippen molar-refractivity contribution < 1.29 is 23.8 Å². The molecule has 8 heteroatoms. The fourth-order valence-electron chi connectivity index (χ4n) is 2.16. The van der Waals surface area contributed by atoms with Crippen molar-refractivity contribution in [2.45, 2.75) is 6.42 Å². The summed E-state index contributed by atoms with van der Waals surface area (Å²) in [5.41, 5.74) is 0.345. The van der Waals surface area contributed by atoms with E-state index in [1.807, 2.05) is 0 Å². The van der Waals surface area contributed by atoms with Crippen LogP contribution in [0.5, 0.6) is 11.5 Å². The molecule has 1 amide bonds. The number of amides is 1. The Balaban J connectivity index is 1.80. The highest BCUT2D eigenvalue weighted by molar-refractivity contribution is 7.18. The number of anilines is 1. The van der Waals surface area contributed by atoms with Gasteiger partial charge in [0.15, 0.2) is 11.5 Å². The normalized spacial score (nSPS) is 13.1. The van der Waals surface area contributed by atoms with E-state index in [0.717, 1.165) is 17.8 Å². The quantitative estimate of drug-likeness (QED) is 0.839. The molecule has 0 saturated carbocycles. The van der Waals surface area contributed by atoms with Gasteiger partial charge < -0.3 is 19.5 Å². The summed E-state index contributed by atoms with van der Waals surface area (Å²) in [5.74, 6) is 0.103. The van der Waals surface area contributed by atoms with E-state index in [-0.39, 0.29) is 5.91 Å². The van der Waals surface area contributed by atoms with E-state index >= 15 is 0 Å².